The predicted molar refractivity (Wildman–Crippen MR) is 131 cm³/mol. The van der Waals surface area contributed by atoms with Crippen molar-refractivity contribution in [2.24, 2.45) is 28.1 Å². The lowest BCUT2D eigenvalue weighted by atomic mass is 9.41. The minimum atomic E-state index is -1.48. The van der Waals surface area contributed by atoms with Gasteiger partial charge in [-0.3, -0.25) is 0 Å². The van der Waals surface area contributed by atoms with Crippen LogP contribution in [-0.4, -0.2) is 87.3 Å². The first-order valence-corrected chi connectivity index (χ1v) is 13.6. The summed E-state index contributed by atoms with van der Waals surface area (Å²) in [7, 11) is 0. The average molecular weight is 503 g/mol. The quantitative estimate of drug-likeness (QED) is 0.277. The Morgan fingerprint density at radius 3 is 2.31 bits per heavy atom. The molecular weight excluding hydrogens is 452 g/mol. The van der Waals surface area contributed by atoms with Gasteiger partial charge in [-0.1, -0.05) is 47.0 Å². The van der Waals surface area contributed by atoms with Crippen LogP contribution in [0.5, 0.6) is 0 Å². The monoisotopic (exact) mass is 502 g/mol. The Labute approximate surface area is 210 Å². The smallest absolute Gasteiger partial charge is 0.186 e. The zero-order chi connectivity index (χ0) is 26.0. The fourth-order valence-corrected chi connectivity index (χ4v) is 8.12. The lowest BCUT2D eigenvalue weighted by Gasteiger charge is -2.66. The first-order valence-electron chi connectivity index (χ1n) is 13.6. The molecule has 35 heavy (non-hydrogen) atoms. The summed E-state index contributed by atoms with van der Waals surface area (Å²) < 4.78 is 12.2. The van der Waals surface area contributed by atoms with Gasteiger partial charge >= 0.3 is 0 Å². The Hall–Kier alpha value is -0.320. The van der Waals surface area contributed by atoms with Gasteiger partial charge in [-0.15, -0.1) is 0 Å². The van der Waals surface area contributed by atoms with Gasteiger partial charge in [0, 0.05) is 0 Å². The molecule has 8 heteroatoms. The van der Waals surface area contributed by atoms with Gasteiger partial charge in [-0.2, -0.15) is 0 Å². The van der Waals surface area contributed by atoms with Crippen molar-refractivity contribution in [3.8, 4) is 0 Å². The summed E-state index contributed by atoms with van der Waals surface area (Å²) in [6.45, 7) is 7.75. The van der Waals surface area contributed by atoms with E-state index in [0.717, 1.165) is 44.9 Å². The summed E-state index contributed by atoms with van der Waals surface area (Å²) in [4.78, 5) is 0. The first kappa shape index (κ1) is 29.2. The van der Waals surface area contributed by atoms with Gasteiger partial charge in [0.15, 0.2) is 6.29 Å². The summed E-state index contributed by atoms with van der Waals surface area (Å²) in [6, 6.07) is 0. The van der Waals surface area contributed by atoms with Crippen LogP contribution in [0.2, 0.25) is 0 Å². The van der Waals surface area contributed by atoms with E-state index < -0.39 is 36.6 Å². The van der Waals surface area contributed by atoms with Crippen LogP contribution in [0.3, 0.4) is 0 Å². The van der Waals surface area contributed by atoms with E-state index in [4.69, 9.17) is 9.47 Å². The standard InChI is InChI=1S/C27H50O8/c1-25(2)21(32)9-11-27(4)20-14-17(30)8-6-5-7-10-26(20,3)15-19(23(25)27)35-24(34-13-12-28)22(33)18(31)16-29/h17-24,28-33H,5-16H2,1-4H3/t17?,18-,19-,20-,21?,22?,23-,24-,26+,27+/m0/s1. The van der Waals surface area contributed by atoms with Crippen molar-refractivity contribution in [1.29, 1.82) is 0 Å². The van der Waals surface area contributed by atoms with Gasteiger partial charge in [-0.25, -0.2) is 0 Å². The van der Waals surface area contributed by atoms with Gasteiger partial charge in [0.05, 0.1) is 38.1 Å². The summed E-state index contributed by atoms with van der Waals surface area (Å²) in [6.07, 6.45) is 2.55. The molecule has 0 amide bonds. The zero-order valence-corrected chi connectivity index (χ0v) is 22.1. The summed E-state index contributed by atoms with van der Waals surface area (Å²) in [5.41, 5.74) is -0.806. The van der Waals surface area contributed by atoms with E-state index in [0.29, 0.717) is 12.8 Å². The Bertz CT molecular complexity index is 674. The molecule has 3 aliphatic rings. The lowest BCUT2D eigenvalue weighted by molar-refractivity contribution is -0.296. The maximum absolute atomic E-state index is 11.1. The van der Waals surface area contributed by atoms with Gasteiger partial charge in [-0.05, 0) is 66.6 Å². The molecular formula is C27H50O8. The molecule has 8 nitrogen and oxygen atoms in total. The molecule has 10 atom stereocenters. The number of rotatable bonds is 8. The van der Waals surface area contributed by atoms with Crippen molar-refractivity contribution >= 4 is 0 Å². The number of hydrogen-bond acceptors (Lipinski definition) is 8. The van der Waals surface area contributed by atoms with Crippen LogP contribution in [-0.2, 0) is 9.47 Å². The SMILES string of the molecule is CC1(C)C(O)CC[C@@]2(C)[C@H]1[C@@H](O[C@H](OCCO)C(O)[C@@H](O)CO)C[C@@]1(C)CCCCCC(O)C[C@@H]12. The van der Waals surface area contributed by atoms with Gasteiger partial charge < -0.3 is 40.1 Å². The minimum absolute atomic E-state index is 0.0768. The van der Waals surface area contributed by atoms with Gasteiger partial charge in [0.2, 0.25) is 0 Å². The predicted octanol–water partition coefficient (Wildman–Crippen LogP) is 1.97. The zero-order valence-electron chi connectivity index (χ0n) is 22.1. The molecule has 0 aromatic rings. The van der Waals surface area contributed by atoms with E-state index in [1.54, 1.807) is 0 Å². The van der Waals surface area contributed by atoms with E-state index in [2.05, 4.69) is 27.7 Å². The molecule has 0 radical (unpaired) electrons. The van der Waals surface area contributed by atoms with Crippen molar-refractivity contribution in [2.45, 2.75) is 122 Å². The molecule has 0 aromatic heterocycles. The third-order valence-corrected chi connectivity index (χ3v) is 9.84. The van der Waals surface area contributed by atoms with Crippen molar-refractivity contribution in [3.05, 3.63) is 0 Å². The van der Waals surface area contributed by atoms with E-state index in [1.165, 1.54) is 0 Å². The number of ether oxygens (including phenoxy) is 2. The largest absolute Gasteiger partial charge is 0.394 e. The Morgan fingerprint density at radius 1 is 0.943 bits per heavy atom. The second-order valence-electron chi connectivity index (χ2n) is 12.6. The Balaban J connectivity index is 2.03. The maximum Gasteiger partial charge on any atom is 0.186 e. The number of aliphatic hydroxyl groups is 6. The lowest BCUT2D eigenvalue weighted by Crippen LogP contribution is -2.65. The van der Waals surface area contributed by atoms with Crippen LogP contribution in [0.25, 0.3) is 0 Å². The number of aliphatic hydroxyl groups excluding tert-OH is 6. The third kappa shape index (κ3) is 5.90. The van der Waals surface area contributed by atoms with Crippen LogP contribution in [0.1, 0.15) is 85.5 Å². The Kier molecular flexibility index (Phi) is 9.69. The van der Waals surface area contributed by atoms with E-state index in [1.807, 2.05) is 0 Å². The first-order chi connectivity index (χ1) is 16.4. The third-order valence-electron chi connectivity index (χ3n) is 9.84. The number of fused-ring (bicyclic) bond motifs is 3. The second kappa shape index (κ2) is 11.6. The normalized spacial score (nSPS) is 42.5. The Morgan fingerprint density at radius 2 is 1.66 bits per heavy atom. The fraction of sp³-hybridized carbons (Fsp3) is 1.00. The average Bonchev–Trinajstić information content (AvgIpc) is 2.87. The summed E-state index contributed by atoms with van der Waals surface area (Å²) in [5.74, 6) is 0.174. The van der Waals surface area contributed by atoms with E-state index in [9.17, 15) is 30.6 Å². The molecule has 3 saturated carbocycles. The highest BCUT2D eigenvalue weighted by Crippen LogP contribution is 2.67. The van der Waals surface area contributed by atoms with Crippen LogP contribution < -0.4 is 0 Å². The van der Waals surface area contributed by atoms with Crippen molar-refractivity contribution in [3.63, 3.8) is 0 Å². The molecule has 0 saturated heterocycles. The molecule has 0 heterocycles. The van der Waals surface area contributed by atoms with E-state index in [-0.39, 0.29) is 48.1 Å². The van der Waals surface area contributed by atoms with Crippen molar-refractivity contribution in [2.75, 3.05) is 19.8 Å². The van der Waals surface area contributed by atoms with Crippen LogP contribution in [0.15, 0.2) is 0 Å². The maximum atomic E-state index is 11.1. The van der Waals surface area contributed by atoms with Crippen LogP contribution >= 0.6 is 0 Å². The molecule has 3 fully saturated rings. The minimum Gasteiger partial charge on any atom is -0.394 e. The molecule has 3 rings (SSSR count). The highest BCUT2D eigenvalue weighted by molar-refractivity contribution is 5.13. The van der Waals surface area contributed by atoms with Gasteiger partial charge in [0.1, 0.15) is 12.2 Å². The number of hydrogen-bond donors (Lipinski definition) is 6. The summed E-state index contributed by atoms with van der Waals surface area (Å²) >= 11 is 0. The molecule has 0 aliphatic heterocycles. The topological polar surface area (TPSA) is 140 Å². The summed E-state index contributed by atoms with van der Waals surface area (Å²) in [5, 5.41) is 61.6. The van der Waals surface area contributed by atoms with Crippen molar-refractivity contribution in [1.82, 2.24) is 0 Å². The highest BCUT2D eigenvalue weighted by Gasteiger charge is 2.64. The van der Waals surface area contributed by atoms with Gasteiger partial charge in [0.25, 0.3) is 0 Å². The second-order valence-corrected chi connectivity index (χ2v) is 12.6. The van der Waals surface area contributed by atoms with Crippen LogP contribution in [0.4, 0.5) is 0 Å². The van der Waals surface area contributed by atoms with E-state index >= 15 is 0 Å². The van der Waals surface area contributed by atoms with Crippen molar-refractivity contribution < 1.29 is 40.1 Å². The highest BCUT2D eigenvalue weighted by atomic mass is 16.7. The molecule has 0 spiro atoms. The molecule has 206 valence electrons. The molecule has 0 bridgehead atoms. The fourth-order valence-electron chi connectivity index (χ4n) is 8.12. The molecule has 0 aromatic carbocycles. The molecule has 6 N–H and O–H groups in total. The van der Waals surface area contributed by atoms with Crippen LogP contribution in [0, 0.1) is 28.1 Å². The molecule has 3 unspecified atom stereocenters. The molecule has 3 aliphatic carbocycles.